The van der Waals surface area contributed by atoms with Gasteiger partial charge in [0.2, 0.25) is 0 Å². The number of methoxy groups -OCH3 is 1. The van der Waals surface area contributed by atoms with E-state index in [0.29, 0.717) is 19.5 Å². The van der Waals surface area contributed by atoms with Crippen molar-refractivity contribution in [3.05, 3.63) is 29.8 Å². The van der Waals surface area contributed by atoms with Gasteiger partial charge in [-0.3, -0.25) is 0 Å². The quantitative estimate of drug-likeness (QED) is 0.866. The average molecular weight is 309 g/mol. The zero-order chi connectivity index (χ0) is 16.8. The highest BCUT2D eigenvalue weighted by molar-refractivity contribution is 5.68. The first-order valence-electron chi connectivity index (χ1n) is 7.48. The number of ether oxygens (including phenoxy) is 2. The third-order valence-corrected chi connectivity index (χ3v) is 3.13. The van der Waals surface area contributed by atoms with Gasteiger partial charge in [0.25, 0.3) is 0 Å². The van der Waals surface area contributed by atoms with E-state index in [-0.39, 0.29) is 12.2 Å². The van der Waals surface area contributed by atoms with E-state index in [1.807, 2.05) is 52.0 Å². The fraction of sp³-hybridized carbons (Fsp3) is 0.588. The maximum absolute atomic E-state index is 11.4. The molecule has 1 aromatic rings. The van der Waals surface area contributed by atoms with E-state index < -0.39 is 5.60 Å². The van der Waals surface area contributed by atoms with Crippen LogP contribution in [0.25, 0.3) is 0 Å². The van der Waals surface area contributed by atoms with Crippen LogP contribution in [-0.4, -0.2) is 48.0 Å². The third kappa shape index (κ3) is 6.35. The summed E-state index contributed by atoms with van der Waals surface area (Å²) in [5.74, 6) is 0.956. The lowest BCUT2D eigenvalue weighted by atomic mass is 10.2. The van der Waals surface area contributed by atoms with Crippen molar-refractivity contribution in [3.63, 3.8) is 0 Å². The Labute approximate surface area is 132 Å². The molecule has 1 saturated heterocycles. The van der Waals surface area contributed by atoms with Gasteiger partial charge in [0.15, 0.2) is 0 Å². The number of benzene rings is 1. The number of aliphatic hydroxyl groups excluding tert-OH is 1. The molecule has 5 heteroatoms. The molecular weight excluding hydrogens is 282 g/mol. The molecule has 1 heterocycles. The fourth-order valence-electron chi connectivity index (χ4n) is 2.02. The second-order valence-corrected chi connectivity index (χ2v) is 6.34. The number of aliphatic hydroxyl groups is 1. The summed E-state index contributed by atoms with van der Waals surface area (Å²) < 4.78 is 10.2. The summed E-state index contributed by atoms with van der Waals surface area (Å²) in [5, 5.41) is 9.20. The van der Waals surface area contributed by atoms with Crippen LogP contribution in [0.2, 0.25) is 0 Å². The Balaban J connectivity index is 0.000000235. The average Bonchev–Trinajstić information content (AvgIpc) is 2.85. The highest BCUT2D eigenvalue weighted by atomic mass is 16.6. The second kappa shape index (κ2) is 8.03. The minimum absolute atomic E-state index is 0.330. The minimum Gasteiger partial charge on any atom is -0.496 e. The van der Waals surface area contributed by atoms with E-state index >= 15 is 0 Å². The summed E-state index contributed by atoms with van der Waals surface area (Å²) in [4.78, 5) is 12.9. The smallest absolute Gasteiger partial charge is 0.410 e. The predicted octanol–water partition coefficient (Wildman–Crippen LogP) is 2.99. The first-order chi connectivity index (χ1) is 10.2. The van der Waals surface area contributed by atoms with Gasteiger partial charge < -0.3 is 19.5 Å². The SMILES string of the molecule is CC(C)(C)OC(=O)N1CCC(O)C1.COc1ccccc1C. The number of aryl methyl sites for hydroxylation is 1. The molecule has 1 unspecified atom stereocenters. The topological polar surface area (TPSA) is 59.0 Å². The Morgan fingerprint density at radius 2 is 1.95 bits per heavy atom. The summed E-state index contributed by atoms with van der Waals surface area (Å²) in [6.45, 7) is 8.51. The molecular formula is C17H27NO4. The molecule has 1 aliphatic rings. The second-order valence-electron chi connectivity index (χ2n) is 6.34. The van der Waals surface area contributed by atoms with E-state index in [1.54, 1.807) is 7.11 Å². The Hall–Kier alpha value is -1.75. The fourth-order valence-corrected chi connectivity index (χ4v) is 2.02. The molecule has 1 aromatic carbocycles. The van der Waals surface area contributed by atoms with Crippen molar-refractivity contribution in [2.75, 3.05) is 20.2 Å². The van der Waals surface area contributed by atoms with Crippen LogP contribution in [0.15, 0.2) is 24.3 Å². The Morgan fingerprint density at radius 3 is 2.36 bits per heavy atom. The summed E-state index contributed by atoms with van der Waals surface area (Å²) in [6, 6.07) is 7.94. The van der Waals surface area contributed by atoms with Crippen molar-refractivity contribution in [2.24, 2.45) is 0 Å². The Kier molecular flexibility index (Phi) is 6.68. The lowest BCUT2D eigenvalue weighted by molar-refractivity contribution is 0.0270. The Morgan fingerprint density at radius 1 is 1.32 bits per heavy atom. The normalized spacial score (nSPS) is 17.5. The number of hydrogen-bond donors (Lipinski definition) is 1. The van der Waals surface area contributed by atoms with Gasteiger partial charge in [-0.15, -0.1) is 0 Å². The number of carbonyl (C=O) groups is 1. The molecule has 0 radical (unpaired) electrons. The number of carbonyl (C=O) groups excluding carboxylic acids is 1. The van der Waals surface area contributed by atoms with Gasteiger partial charge in [0, 0.05) is 13.1 Å². The van der Waals surface area contributed by atoms with Crippen molar-refractivity contribution in [2.45, 2.75) is 45.8 Å². The maximum Gasteiger partial charge on any atom is 0.410 e. The van der Waals surface area contributed by atoms with Crippen LogP contribution in [0.4, 0.5) is 4.79 Å². The number of hydrogen-bond acceptors (Lipinski definition) is 4. The number of β-amino-alcohol motifs (C(OH)–C–C–N with tert-alkyl or cyclic N) is 1. The Bertz CT molecular complexity index is 482. The number of para-hydroxylation sites is 1. The zero-order valence-electron chi connectivity index (χ0n) is 14.1. The summed E-state index contributed by atoms with van der Waals surface area (Å²) in [7, 11) is 1.68. The van der Waals surface area contributed by atoms with Gasteiger partial charge in [0.1, 0.15) is 11.4 Å². The van der Waals surface area contributed by atoms with E-state index in [9.17, 15) is 9.90 Å². The molecule has 0 aliphatic carbocycles. The van der Waals surface area contributed by atoms with Gasteiger partial charge in [-0.1, -0.05) is 18.2 Å². The van der Waals surface area contributed by atoms with Crippen LogP contribution in [0.1, 0.15) is 32.8 Å². The molecule has 1 atom stereocenters. The van der Waals surface area contributed by atoms with Gasteiger partial charge in [-0.2, -0.15) is 0 Å². The predicted molar refractivity (Wildman–Crippen MR) is 86.2 cm³/mol. The van der Waals surface area contributed by atoms with E-state index in [1.165, 1.54) is 10.5 Å². The van der Waals surface area contributed by atoms with Crippen LogP contribution < -0.4 is 4.74 Å². The summed E-state index contributed by atoms with van der Waals surface area (Å²) >= 11 is 0. The van der Waals surface area contributed by atoms with Crippen molar-refractivity contribution >= 4 is 6.09 Å². The van der Waals surface area contributed by atoms with Crippen LogP contribution in [0, 0.1) is 6.92 Å². The molecule has 0 saturated carbocycles. The van der Waals surface area contributed by atoms with Crippen LogP contribution in [-0.2, 0) is 4.74 Å². The number of nitrogens with zero attached hydrogens (tertiary/aromatic N) is 1. The van der Waals surface area contributed by atoms with Crippen molar-refractivity contribution in [1.82, 2.24) is 4.90 Å². The van der Waals surface area contributed by atoms with E-state index in [4.69, 9.17) is 9.47 Å². The van der Waals surface area contributed by atoms with Gasteiger partial charge in [-0.25, -0.2) is 4.79 Å². The summed E-state index contributed by atoms with van der Waals surface area (Å²) in [5.41, 5.74) is 0.727. The minimum atomic E-state index is -0.454. The lowest BCUT2D eigenvalue weighted by Gasteiger charge is -2.24. The monoisotopic (exact) mass is 309 g/mol. The van der Waals surface area contributed by atoms with Gasteiger partial charge in [0.05, 0.1) is 13.2 Å². The largest absolute Gasteiger partial charge is 0.496 e. The molecule has 124 valence electrons. The van der Waals surface area contributed by atoms with Crippen LogP contribution in [0.5, 0.6) is 5.75 Å². The maximum atomic E-state index is 11.4. The molecule has 1 N–H and O–H groups in total. The first-order valence-corrected chi connectivity index (χ1v) is 7.48. The highest BCUT2D eigenvalue weighted by Crippen LogP contribution is 2.15. The molecule has 22 heavy (non-hydrogen) atoms. The molecule has 2 rings (SSSR count). The first kappa shape index (κ1) is 18.3. The van der Waals surface area contributed by atoms with E-state index in [0.717, 1.165) is 5.75 Å². The lowest BCUT2D eigenvalue weighted by Crippen LogP contribution is -2.35. The molecule has 1 fully saturated rings. The molecule has 0 spiro atoms. The highest BCUT2D eigenvalue weighted by Gasteiger charge is 2.28. The number of rotatable bonds is 1. The third-order valence-electron chi connectivity index (χ3n) is 3.13. The van der Waals surface area contributed by atoms with Crippen molar-refractivity contribution in [1.29, 1.82) is 0 Å². The molecule has 5 nitrogen and oxygen atoms in total. The molecule has 0 bridgehead atoms. The van der Waals surface area contributed by atoms with E-state index in [2.05, 4.69) is 0 Å². The van der Waals surface area contributed by atoms with Crippen LogP contribution in [0.3, 0.4) is 0 Å². The van der Waals surface area contributed by atoms with Crippen LogP contribution >= 0.6 is 0 Å². The van der Waals surface area contributed by atoms with Crippen molar-refractivity contribution < 1.29 is 19.4 Å². The standard InChI is InChI=1S/C9H17NO3.C8H10O/c1-9(2,3)13-8(12)10-5-4-7(11)6-10;1-7-5-3-4-6-8(7)9-2/h7,11H,4-6H2,1-3H3;3-6H,1-2H3. The summed E-state index contributed by atoms with van der Waals surface area (Å²) in [6.07, 6.45) is -0.0595. The zero-order valence-corrected chi connectivity index (χ0v) is 14.1. The van der Waals surface area contributed by atoms with Crippen molar-refractivity contribution in [3.8, 4) is 5.75 Å². The molecule has 1 aliphatic heterocycles. The van der Waals surface area contributed by atoms with Gasteiger partial charge >= 0.3 is 6.09 Å². The number of amides is 1. The number of likely N-dealkylation sites (tertiary alicyclic amines) is 1. The molecule has 1 amide bonds. The van der Waals surface area contributed by atoms with Gasteiger partial charge in [-0.05, 0) is 45.7 Å². The molecule has 0 aromatic heterocycles.